The van der Waals surface area contributed by atoms with Gasteiger partial charge in [-0.25, -0.2) is 0 Å². The zero-order valence-corrected chi connectivity index (χ0v) is 4.68. The second kappa shape index (κ2) is 9.21. The van der Waals surface area contributed by atoms with Crippen LogP contribution in [0.25, 0.3) is 0 Å². The summed E-state index contributed by atoms with van der Waals surface area (Å²) in [6, 6.07) is 0. The van der Waals surface area contributed by atoms with Gasteiger partial charge in [0.1, 0.15) is 0 Å². The van der Waals surface area contributed by atoms with Gasteiger partial charge < -0.3 is 10.0 Å². The van der Waals surface area contributed by atoms with Gasteiger partial charge >= 0.3 is 7.69 Å². The maximum Gasteiger partial charge on any atom is 0.482 e. The maximum absolute atomic E-state index is 7.00. The first-order valence-corrected chi connectivity index (χ1v) is 1.87. The number of hydrogen-bond donors (Lipinski definition) is 2. The Balaban J connectivity index is 0. The van der Waals surface area contributed by atoms with Gasteiger partial charge in [0.2, 0.25) is 0 Å². The molecule has 0 saturated carbocycles. The van der Waals surface area contributed by atoms with E-state index in [0.717, 1.165) is 0 Å². The van der Waals surface area contributed by atoms with Gasteiger partial charge in [-0.3, -0.25) is 0 Å². The number of hydrogen-bond acceptors (Lipinski definition) is 2. The molecule has 0 saturated heterocycles. The van der Waals surface area contributed by atoms with Crippen LogP contribution >= 0.6 is 0 Å². The third kappa shape index (κ3) is 1050. The van der Waals surface area contributed by atoms with Crippen LogP contribution in [0, 0.1) is 0 Å². The molecule has 0 bridgehead atoms. The van der Waals surface area contributed by atoms with Crippen molar-refractivity contribution in [3.05, 3.63) is 12.2 Å². The summed E-state index contributed by atoms with van der Waals surface area (Å²) in [5.74, 6) is 0. The van der Waals surface area contributed by atoms with E-state index in [1.54, 1.807) is 0 Å². The van der Waals surface area contributed by atoms with Crippen LogP contribution in [0.15, 0.2) is 12.2 Å². The van der Waals surface area contributed by atoms with Crippen LogP contribution in [0.1, 0.15) is 13.8 Å². The predicted octanol–water partition coefficient (Wildman–Crippen LogP) is 0.0876. The van der Waals surface area contributed by atoms with Crippen molar-refractivity contribution in [2.24, 2.45) is 0 Å². The van der Waals surface area contributed by atoms with Crippen LogP contribution in [-0.2, 0) is 0 Å². The minimum atomic E-state index is 0. The molecule has 0 aromatic rings. The average Bonchev–Trinajstić information content (AvgIpc) is 1.33. The second-order valence-electron chi connectivity index (χ2n) is 1.32. The zero-order valence-electron chi connectivity index (χ0n) is 4.68. The van der Waals surface area contributed by atoms with Crippen LogP contribution in [0.2, 0.25) is 0 Å². The van der Waals surface area contributed by atoms with E-state index in [1.165, 1.54) is 5.57 Å². The molecular formula is C4H10BO2. The van der Waals surface area contributed by atoms with Gasteiger partial charge in [0.25, 0.3) is 0 Å². The molecule has 0 heterocycles. The standard InChI is InChI=1S/C4H8.BH2O2/c1-4(2)3;2-1-3/h1H2,2-3H3;2-3H. The van der Waals surface area contributed by atoms with Gasteiger partial charge in [0, 0.05) is 0 Å². The summed E-state index contributed by atoms with van der Waals surface area (Å²) in [7, 11) is 0. The van der Waals surface area contributed by atoms with Crippen LogP contribution in [0.4, 0.5) is 0 Å². The highest BCUT2D eigenvalue weighted by Gasteiger charge is 1.52. The fourth-order valence-corrected chi connectivity index (χ4v) is 0. The van der Waals surface area contributed by atoms with Crippen molar-refractivity contribution in [1.29, 1.82) is 0 Å². The molecule has 0 aliphatic heterocycles. The van der Waals surface area contributed by atoms with E-state index in [0.29, 0.717) is 0 Å². The molecule has 41 valence electrons. The molecule has 0 aromatic heterocycles. The fourth-order valence-electron chi connectivity index (χ4n) is 0. The van der Waals surface area contributed by atoms with Crippen LogP contribution in [0.5, 0.6) is 0 Å². The molecule has 0 spiro atoms. The van der Waals surface area contributed by atoms with E-state index >= 15 is 0 Å². The average molecular weight is 101 g/mol. The first kappa shape index (κ1) is 9.87. The van der Waals surface area contributed by atoms with E-state index in [-0.39, 0.29) is 7.69 Å². The van der Waals surface area contributed by atoms with Crippen molar-refractivity contribution in [2.45, 2.75) is 13.8 Å². The molecule has 2 N–H and O–H groups in total. The quantitative estimate of drug-likeness (QED) is 0.335. The first-order valence-electron chi connectivity index (χ1n) is 1.87. The Morgan fingerprint density at radius 1 is 1.43 bits per heavy atom. The summed E-state index contributed by atoms with van der Waals surface area (Å²) in [4.78, 5) is 0. The zero-order chi connectivity index (χ0) is 6.28. The molecule has 7 heavy (non-hydrogen) atoms. The van der Waals surface area contributed by atoms with Crippen LogP contribution in [-0.4, -0.2) is 17.7 Å². The first-order chi connectivity index (χ1) is 3.15. The Bertz CT molecular complexity index is 41.0. The Labute approximate surface area is 44.8 Å². The SMILES string of the molecule is C=C(C)C.O[B]O. The maximum atomic E-state index is 7.00. The van der Waals surface area contributed by atoms with Crippen molar-refractivity contribution in [3.63, 3.8) is 0 Å². The van der Waals surface area contributed by atoms with Crippen LogP contribution < -0.4 is 0 Å². The number of rotatable bonds is 0. The molecule has 3 heteroatoms. The molecule has 0 aliphatic carbocycles. The largest absolute Gasteiger partial charge is 0.482 e. The van der Waals surface area contributed by atoms with Gasteiger partial charge in [-0.05, 0) is 13.8 Å². The summed E-state index contributed by atoms with van der Waals surface area (Å²) in [6.07, 6.45) is 0. The Morgan fingerprint density at radius 2 is 1.43 bits per heavy atom. The highest BCUT2D eigenvalue weighted by atomic mass is 16.4. The lowest BCUT2D eigenvalue weighted by atomic mass is 10.4. The monoisotopic (exact) mass is 101 g/mol. The van der Waals surface area contributed by atoms with Crippen LogP contribution in [0.3, 0.4) is 0 Å². The Kier molecular flexibility index (Phi) is 13.0. The van der Waals surface area contributed by atoms with Gasteiger partial charge in [-0.1, -0.05) is 5.57 Å². The lowest BCUT2D eigenvalue weighted by molar-refractivity contribution is 0.448. The van der Waals surface area contributed by atoms with Gasteiger partial charge in [0.15, 0.2) is 0 Å². The minimum absolute atomic E-state index is 0. The smallest absolute Gasteiger partial charge is 0.429 e. The minimum Gasteiger partial charge on any atom is -0.429 e. The topological polar surface area (TPSA) is 40.5 Å². The molecule has 0 unspecified atom stereocenters. The summed E-state index contributed by atoms with van der Waals surface area (Å²) < 4.78 is 0. The molecule has 0 rings (SSSR count). The van der Waals surface area contributed by atoms with E-state index in [1.807, 2.05) is 13.8 Å². The summed E-state index contributed by atoms with van der Waals surface area (Å²) in [6.45, 7) is 7.50. The third-order valence-electron chi connectivity index (χ3n) is 0. The van der Waals surface area contributed by atoms with E-state index in [2.05, 4.69) is 6.58 Å². The Morgan fingerprint density at radius 3 is 1.43 bits per heavy atom. The molecule has 0 atom stereocenters. The highest BCUT2D eigenvalue weighted by Crippen LogP contribution is 1.73. The molecule has 1 radical (unpaired) electrons. The predicted molar refractivity (Wildman–Crippen MR) is 30.7 cm³/mol. The summed E-state index contributed by atoms with van der Waals surface area (Å²) in [5.41, 5.74) is 1.17. The van der Waals surface area contributed by atoms with Gasteiger partial charge in [-0.2, -0.15) is 0 Å². The summed E-state index contributed by atoms with van der Waals surface area (Å²) in [5, 5.41) is 14.0. The van der Waals surface area contributed by atoms with Gasteiger partial charge in [-0.15, -0.1) is 6.58 Å². The van der Waals surface area contributed by atoms with Gasteiger partial charge in [0.05, 0.1) is 0 Å². The van der Waals surface area contributed by atoms with E-state index in [9.17, 15) is 0 Å². The molecular weight excluding hydrogens is 90.9 g/mol. The van der Waals surface area contributed by atoms with E-state index in [4.69, 9.17) is 10.0 Å². The fraction of sp³-hybridized carbons (Fsp3) is 0.500. The molecule has 0 fully saturated rings. The molecule has 0 amide bonds. The Hall–Kier alpha value is -0.275. The lowest BCUT2D eigenvalue weighted by Gasteiger charge is -1.65. The van der Waals surface area contributed by atoms with Crippen molar-refractivity contribution in [1.82, 2.24) is 0 Å². The van der Waals surface area contributed by atoms with E-state index < -0.39 is 0 Å². The molecule has 0 aromatic carbocycles. The lowest BCUT2D eigenvalue weighted by Crippen LogP contribution is -1.75. The van der Waals surface area contributed by atoms with Crippen molar-refractivity contribution < 1.29 is 10.0 Å². The summed E-state index contributed by atoms with van der Waals surface area (Å²) >= 11 is 0. The highest BCUT2D eigenvalue weighted by molar-refractivity contribution is 6.13. The normalized spacial score (nSPS) is 5.71. The number of allylic oxidation sites excluding steroid dienone is 1. The van der Waals surface area contributed by atoms with Crippen molar-refractivity contribution in [3.8, 4) is 0 Å². The second-order valence-corrected chi connectivity index (χ2v) is 1.32. The van der Waals surface area contributed by atoms with Crippen molar-refractivity contribution in [2.75, 3.05) is 0 Å². The molecule has 0 aliphatic rings. The molecule has 2 nitrogen and oxygen atoms in total. The van der Waals surface area contributed by atoms with Crippen molar-refractivity contribution >= 4 is 7.69 Å². The third-order valence-corrected chi connectivity index (χ3v) is 0.